The molecule has 1 saturated heterocycles. The SMILES string of the molecule is COc1ccc(-c2ccc(C=C3SC(=S)N(Nc4ccccc4C(=O)O)C3=O)o2)c(C)c1. The van der Waals surface area contributed by atoms with E-state index in [2.05, 4.69) is 5.43 Å². The number of ether oxygens (including phenoxy) is 1. The molecular formula is C23H18N2O5S2. The number of methoxy groups -OCH3 is 1. The van der Waals surface area contributed by atoms with Crippen molar-refractivity contribution in [1.82, 2.24) is 5.01 Å². The van der Waals surface area contributed by atoms with E-state index in [9.17, 15) is 14.7 Å². The van der Waals surface area contributed by atoms with Crippen LogP contribution in [0.5, 0.6) is 5.75 Å². The molecule has 3 aromatic rings. The summed E-state index contributed by atoms with van der Waals surface area (Å²) in [5.41, 5.74) is 5.04. The summed E-state index contributed by atoms with van der Waals surface area (Å²) in [7, 11) is 1.62. The summed E-state index contributed by atoms with van der Waals surface area (Å²) in [6.07, 6.45) is 1.62. The number of thiocarbonyl (C=S) groups is 1. The molecule has 32 heavy (non-hydrogen) atoms. The smallest absolute Gasteiger partial charge is 0.337 e. The van der Waals surface area contributed by atoms with Gasteiger partial charge in [-0.2, -0.15) is 0 Å². The minimum absolute atomic E-state index is 0.0380. The first-order chi connectivity index (χ1) is 15.4. The summed E-state index contributed by atoms with van der Waals surface area (Å²) >= 11 is 6.42. The van der Waals surface area contributed by atoms with Gasteiger partial charge >= 0.3 is 5.97 Å². The molecule has 0 spiro atoms. The number of amides is 1. The van der Waals surface area contributed by atoms with E-state index in [0.29, 0.717) is 16.4 Å². The second kappa shape index (κ2) is 8.89. The lowest BCUT2D eigenvalue weighted by atomic mass is 10.1. The zero-order valence-electron chi connectivity index (χ0n) is 17.1. The van der Waals surface area contributed by atoms with E-state index in [-0.39, 0.29) is 15.6 Å². The molecular weight excluding hydrogens is 448 g/mol. The van der Waals surface area contributed by atoms with Crippen molar-refractivity contribution in [2.24, 2.45) is 0 Å². The Bertz CT molecular complexity index is 1260. The monoisotopic (exact) mass is 466 g/mol. The Labute approximate surface area is 193 Å². The molecule has 162 valence electrons. The number of carboxylic acids is 1. The van der Waals surface area contributed by atoms with E-state index in [1.807, 2.05) is 31.2 Å². The number of hydrogen-bond donors (Lipinski definition) is 2. The van der Waals surface area contributed by atoms with Crippen LogP contribution >= 0.6 is 24.0 Å². The Morgan fingerprint density at radius 3 is 2.72 bits per heavy atom. The van der Waals surface area contributed by atoms with Crippen molar-refractivity contribution in [2.75, 3.05) is 12.5 Å². The molecule has 2 heterocycles. The van der Waals surface area contributed by atoms with Crippen molar-refractivity contribution in [3.05, 3.63) is 76.4 Å². The van der Waals surface area contributed by atoms with Crippen LogP contribution in [0.15, 0.2) is 63.9 Å². The van der Waals surface area contributed by atoms with E-state index >= 15 is 0 Å². The number of nitrogens with one attached hydrogen (secondary N) is 1. The Balaban J connectivity index is 1.56. The van der Waals surface area contributed by atoms with E-state index < -0.39 is 11.9 Å². The maximum atomic E-state index is 12.9. The summed E-state index contributed by atoms with van der Waals surface area (Å²) in [6.45, 7) is 1.96. The molecule has 1 aliphatic rings. The molecule has 2 aromatic carbocycles. The largest absolute Gasteiger partial charge is 0.497 e. The van der Waals surface area contributed by atoms with E-state index in [1.165, 1.54) is 6.07 Å². The van der Waals surface area contributed by atoms with Crippen molar-refractivity contribution < 1.29 is 23.8 Å². The van der Waals surface area contributed by atoms with Crippen molar-refractivity contribution in [3.8, 4) is 17.1 Å². The molecule has 0 aliphatic carbocycles. The second-order valence-corrected chi connectivity index (χ2v) is 8.54. The van der Waals surface area contributed by atoms with Gasteiger partial charge in [-0.1, -0.05) is 23.9 Å². The van der Waals surface area contributed by atoms with Gasteiger partial charge in [0.2, 0.25) is 0 Å². The number of anilines is 1. The zero-order valence-corrected chi connectivity index (χ0v) is 18.8. The van der Waals surface area contributed by atoms with Crippen LogP contribution in [0.25, 0.3) is 17.4 Å². The number of carbonyl (C=O) groups excluding carboxylic acids is 1. The Kier molecular flexibility index (Phi) is 6.02. The lowest BCUT2D eigenvalue weighted by molar-refractivity contribution is -0.121. The first-order valence-corrected chi connectivity index (χ1v) is 10.7. The van der Waals surface area contributed by atoms with Crippen LogP contribution in [0, 0.1) is 6.92 Å². The fraction of sp³-hybridized carbons (Fsp3) is 0.0870. The van der Waals surface area contributed by atoms with E-state index in [1.54, 1.807) is 37.5 Å². The third-order valence-corrected chi connectivity index (χ3v) is 6.08. The fourth-order valence-corrected chi connectivity index (χ4v) is 4.36. The average molecular weight is 467 g/mol. The van der Waals surface area contributed by atoms with Crippen LogP contribution in [0.4, 0.5) is 5.69 Å². The maximum absolute atomic E-state index is 12.9. The highest BCUT2D eigenvalue weighted by atomic mass is 32.2. The van der Waals surface area contributed by atoms with E-state index in [4.69, 9.17) is 21.4 Å². The normalized spacial score (nSPS) is 14.8. The number of thioether (sulfide) groups is 1. The molecule has 0 saturated carbocycles. The van der Waals surface area contributed by atoms with Crippen LogP contribution in [-0.4, -0.2) is 33.4 Å². The first-order valence-electron chi connectivity index (χ1n) is 9.49. The predicted molar refractivity (Wildman–Crippen MR) is 127 cm³/mol. The highest BCUT2D eigenvalue weighted by Gasteiger charge is 2.33. The summed E-state index contributed by atoms with van der Waals surface area (Å²) in [6, 6.07) is 15.6. The summed E-state index contributed by atoms with van der Waals surface area (Å²) in [5, 5.41) is 10.5. The number of hydrazine groups is 1. The summed E-state index contributed by atoms with van der Waals surface area (Å²) in [4.78, 5) is 24.7. The highest BCUT2D eigenvalue weighted by Crippen LogP contribution is 2.35. The standard InChI is InChI=1S/C23H18N2O5S2/c1-13-11-14(29-2)7-9-16(13)19-10-8-15(30-19)12-20-21(26)25(23(31)32-20)24-18-6-4-3-5-17(18)22(27)28/h3-12,24H,1-2H3,(H,27,28). The molecule has 1 aliphatic heterocycles. The number of aromatic carboxylic acids is 1. The molecule has 4 rings (SSSR count). The fourth-order valence-electron chi connectivity index (χ4n) is 3.20. The molecule has 0 radical (unpaired) electrons. The van der Waals surface area contributed by atoms with Crippen LogP contribution in [0.2, 0.25) is 0 Å². The molecule has 1 aromatic heterocycles. The molecule has 1 amide bonds. The number of nitrogens with zero attached hydrogens (tertiary/aromatic N) is 1. The van der Waals surface area contributed by atoms with Gasteiger partial charge in [0.15, 0.2) is 4.32 Å². The minimum atomic E-state index is -1.11. The van der Waals surface area contributed by atoms with Gasteiger partial charge in [0, 0.05) is 11.6 Å². The topological polar surface area (TPSA) is 92.0 Å². The quantitative estimate of drug-likeness (QED) is 0.379. The molecule has 2 N–H and O–H groups in total. The maximum Gasteiger partial charge on any atom is 0.337 e. The van der Waals surface area contributed by atoms with Crippen LogP contribution in [-0.2, 0) is 4.79 Å². The van der Waals surface area contributed by atoms with Crippen molar-refractivity contribution in [1.29, 1.82) is 0 Å². The average Bonchev–Trinajstić information content (AvgIpc) is 3.34. The molecule has 9 heteroatoms. The lowest BCUT2D eigenvalue weighted by Crippen LogP contribution is -2.34. The second-order valence-electron chi connectivity index (χ2n) is 6.86. The third kappa shape index (κ3) is 4.25. The van der Waals surface area contributed by atoms with Gasteiger partial charge in [0.05, 0.1) is 23.3 Å². The number of rotatable bonds is 6. The number of aryl methyl sites for hydroxylation is 1. The molecule has 0 unspecified atom stereocenters. The van der Waals surface area contributed by atoms with Gasteiger partial charge in [-0.05, 0) is 67.2 Å². The van der Waals surface area contributed by atoms with Gasteiger partial charge < -0.3 is 14.3 Å². The molecule has 0 bridgehead atoms. The number of benzene rings is 2. The Morgan fingerprint density at radius 2 is 2.00 bits per heavy atom. The lowest BCUT2D eigenvalue weighted by Gasteiger charge is -2.18. The first kappa shape index (κ1) is 21.7. The highest BCUT2D eigenvalue weighted by molar-refractivity contribution is 8.26. The summed E-state index contributed by atoms with van der Waals surface area (Å²) in [5.74, 6) is 0.436. The number of furan rings is 1. The predicted octanol–water partition coefficient (Wildman–Crippen LogP) is 5.19. The molecule has 0 atom stereocenters. The molecule has 1 fully saturated rings. The van der Waals surface area contributed by atoms with Crippen molar-refractivity contribution in [3.63, 3.8) is 0 Å². The van der Waals surface area contributed by atoms with Crippen molar-refractivity contribution >= 4 is 51.9 Å². The van der Waals surface area contributed by atoms with Crippen molar-refractivity contribution in [2.45, 2.75) is 6.92 Å². The number of carbonyl (C=O) groups is 2. The summed E-state index contributed by atoms with van der Waals surface area (Å²) < 4.78 is 11.4. The van der Waals surface area contributed by atoms with Gasteiger partial charge in [0.25, 0.3) is 5.91 Å². The van der Waals surface area contributed by atoms with Gasteiger partial charge in [0.1, 0.15) is 17.3 Å². The minimum Gasteiger partial charge on any atom is -0.497 e. The number of para-hydroxylation sites is 1. The Hall–Kier alpha value is -3.56. The van der Waals surface area contributed by atoms with Crippen LogP contribution in [0.1, 0.15) is 21.7 Å². The Morgan fingerprint density at radius 1 is 1.22 bits per heavy atom. The zero-order chi connectivity index (χ0) is 22.8. The van der Waals surface area contributed by atoms with Crippen LogP contribution in [0.3, 0.4) is 0 Å². The third-order valence-electron chi connectivity index (χ3n) is 4.78. The number of carboxylic acid groups (broad SMARTS) is 1. The van der Waals surface area contributed by atoms with Gasteiger partial charge in [-0.15, -0.1) is 0 Å². The van der Waals surface area contributed by atoms with Gasteiger partial charge in [-0.25, -0.2) is 9.80 Å². The number of hydrogen-bond acceptors (Lipinski definition) is 7. The molecule has 7 nitrogen and oxygen atoms in total. The van der Waals surface area contributed by atoms with Gasteiger partial charge in [-0.3, -0.25) is 10.2 Å². The van der Waals surface area contributed by atoms with E-state index in [0.717, 1.165) is 33.6 Å². The van der Waals surface area contributed by atoms with Crippen LogP contribution < -0.4 is 10.2 Å².